The fourth-order valence-electron chi connectivity index (χ4n) is 1.78. The highest BCUT2D eigenvalue weighted by atomic mass is 16.5. The van der Waals surface area contributed by atoms with Crippen LogP contribution in [0.1, 0.15) is 6.92 Å². The molecule has 2 aliphatic heterocycles. The van der Waals surface area contributed by atoms with E-state index in [9.17, 15) is 4.79 Å². The lowest BCUT2D eigenvalue weighted by Crippen LogP contribution is -2.70. The number of morpholine rings is 1. The minimum absolute atomic E-state index is 0.00979. The summed E-state index contributed by atoms with van der Waals surface area (Å²) < 4.78 is 5.49. The number of nitrogens with one attached hydrogen (secondary N) is 1. The van der Waals surface area contributed by atoms with E-state index >= 15 is 0 Å². The molecule has 0 bridgehead atoms. The molecule has 12 heavy (non-hydrogen) atoms. The predicted octanol–water partition coefficient (Wildman–Crippen LogP) is -0.793. The summed E-state index contributed by atoms with van der Waals surface area (Å²) in [5.41, 5.74) is -0.0517. The summed E-state index contributed by atoms with van der Waals surface area (Å²) in [5.74, 6) is 0.00979. The number of likely N-dealkylation sites (tertiary alicyclic amines) is 1. The van der Waals surface area contributed by atoms with E-state index in [-0.39, 0.29) is 18.1 Å². The summed E-state index contributed by atoms with van der Waals surface area (Å²) >= 11 is 0. The van der Waals surface area contributed by atoms with Gasteiger partial charge >= 0.3 is 0 Å². The molecule has 0 atom stereocenters. The first-order valence-electron chi connectivity index (χ1n) is 4.37. The molecule has 0 aliphatic carbocycles. The second-order valence-electron chi connectivity index (χ2n) is 3.55. The maximum atomic E-state index is 10.8. The topological polar surface area (TPSA) is 41.6 Å². The molecule has 2 saturated heterocycles. The number of hydrogen-bond acceptors (Lipinski definition) is 3. The van der Waals surface area contributed by atoms with E-state index in [4.69, 9.17) is 4.74 Å². The lowest BCUT2D eigenvalue weighted by atomic mass is 9.93. The minimum Gasteiger partial charge on any atom is -0.361 e. The first-order valence-corrected chi connectivity index (χ1v) is 4.37. The van der Waals surface area contributed by atoms with Crippen molar-refractivity contribution >= 4 is 5.91 Å². The Morgan fingerprint density at radius 2 is 2.42 bits per heavy atom. The fourth-order valence-corrected chi connectivity index (χ4v) is 1.78. The quantitative estimate of drug-likeness (QED) is 0.560. The van der Waals surface area contributed by atoms with Gasteiger partial charge in [0.05, 0.1) is 0 Å². The Morgan fingerprint density at radius 3 is 2.92 bits per heavy atom. The molecule has 1 spiro atoms. The summed E-state index contributed by atoms with van der Waals surface area (Å²) in [4.78, 5) is 13.1. The van der Waals surface area contributed by atoms with E-state index in [0.717, 1.165) is 19.6 Å². The average molecular weight is 170 g/mol. The molecule has 68 valence electrons. The lowest BCUT2D eigenvalue weighted by Gasteiger charge is -2.51. The van der Waals surface area contributed by atoms with Crippen LogP contribution in [-0.4, -0.2) is 49.2 Å². The van der Waals surface area contributed by atoms with Gasteiger partial charge in [-0.05, 0) is 6.54 Å². The number of nitrogens with zero attached hydrogens (tertiary/aromatic N) is 1. The maximum Gasteiger partial charge on any atom is 0.246 e. The van der Waals surface area contributed by atoms with Crippen LogP contribution in [0, 0.1) is 0 Å². The Bertz CT molecular complexity index is 187. The van der Waals surface area contributed by atoms with E-state index in [1.807, 2.05) is 0 Å². The number of ether oxygens (including phenoxy) is 1. The van der Waals surface area contributed by atoms with E-state index < -0.39 is 0 Å². The van der Waals surface area contributed by atoms with Crippen molar-refractivity contribution in [3.8, 4) is 0 Å². The van der Waals surface area contributed by atoms with Crippen LogP contribution in [0.5, 0.6) is 0 Å². The van der Waals surface area contributed by atoms with Gasteiger partial charge in [-0.3, -0.25) is 9.69 Å². The molecule has 0 unspecified atom stereocenters. The zero-order valence-corrected chi connectivity index (χ0v) is 7.30. The van der Waals surface area contributed by atoms with Crippen molar-refractivity contribution in [3.63, 3.8) is 0 Å². The molecule has 2 aliphatic rings. The molecule has 1 N–H and O–H groups in total. The average Bonchev–Trinajstić information content (AvgIpc) is 2.02. The zero-order chi connectivity index (χ0) is 8.60. The van der Waals surface area contributed by atoms with Crippen molar-refractivity contribution in [1.82, 2.24) is 10.2 Å². The molecule has 4 heteroatoms. The normalized spacial score (nSPS) is 28.2. The smallest absolute Gasteiger partial charge is 0.246 e. The van der Waals surface area contributed by atoms with Crippen LogP contribution >= 0.6 is 0 Å². The van der Waals surface area contributed by atoms with Crippen molar-refractivity contribution in [2.45, 2.75) is 12.5 Å². The molecule has 0 aromatic carbocycles. The molecule has 2 heterocycles. The molecule has 2 rings (SSSR count). The summed E-state index contributed by atoms with van der Waals surface area (Å²) in [6, 6.07) is 0. The van der Waals surface area contributed by atoms with E-state index in [2.05, 4.69) is 17.1 Å². The van der Waals surface area contributed by atoms with Gasteiger partial charge in [0.15, 0.2) is 0 Å². The van der Waals surface area contributed by atoms with Crippen LogP contribution in [-0.2, 0) is 9.53 Å². The molecular weight excluding hydrogens is 156 g/mol. The maximum absolute atomic E-state index is 10.8. The van der Waals surface area contributed by atoms with Crippen molar-refractivity contribution < 1.29 is 9.53 Å². The third kappa shape index (κ3) is 1.21. The standard InChI is InChI=1S/C8H14N2O2/c1-2-10-5-8(6-10)4-9-7(11)3-12-8/h2-6H2,1H3,(H,9,11). The Labute approximate surface area is 71.9 Å². The minimum atomic E-state index is -0.0517. The van der Waals surface area contributed by atoms with Gasteiger partial charge in [0, 0.05) is 19.6 Å². The largest absolute Gasteiger partial charge is 0.361 e. The van der Waals surface area contributed by atoms with Crippen molar-refractivity contribution in [2.24, 2.45) is 0 Å². The molecule has 0 radical (unpaired) electrons. The highest BCUT2D eigenvalue weighted by molar-refractivity contribution is 5.78. The summed E-state index contributed by atoms with van der Waals surface area (Å²) in [6.45, 7) is 6.04. The van der Waals surface area contributed by atoms with Crippen LogP contribution in [0.25, 0.3) is 0 Å². The van der Waals surface area contributed by atoms with Gasteiger partial charge in [-0.2, -0.15) is 0 Å². The number of carbonyl (C=O) groups is 1. The Hall–Kier alpha value is -0.610. The Kier molecular flexibility index (Phi) is 1.81. The summed E-state index contributed by atoms with van der Waals surface area (Å²) in [5, 5.41) is 2.83. The SMILES string of the molecule is CCN1CC2(CNC(=O)CO2)C1. The Balaban J connectivity index is 1.87. The van der Waals surface area contributed by atoms with Crippen LogP contribution in [0.4, 0.5) is 0 Å². The van der Waals surface area contributed by atoms with Gasteiger partial charge in [0.1, 0.15) is 12.2 Å². The zero-order valence-electron chi connectivity index (χ0n) is 7.30. The third-order valence-corrected chi connectivity index (χ3v) is 2.59. The van der Waals surface area contributed by atoms with Crippen LogP contribution in [0.3, 0.4) is 0 Å². The first kappa shape index (κ1) is 8.01. The van der Waals surface area contributed by atoms with Gasteiger partial charge < -0.3 is 10.1 Å². The van der Waals surface area contributed by atoms with Gasteiger partial charge in [-0.25, -0.2) is 0 Å². The van der Waals surface area contributed by atoms with E-state index in [1.165, 1.54) is 0 Å². The Morgan fingerprint density at radius 1 is 1.67 bits per heavy atom. The number of carbonyl (C=O) groups excluding carboxylic acids is 1. The van der Waals surface area contributed by atoms with Crippen LogP contribution in [0.15, 0.2) is 0 Å². The second kappa shape index (κ2) is 2.71. The van der Waals surface area contributed by atoms with E-state index in [1.54, 1.807) is 0 Å². The molecule has 2 fully saturated rings. The highest BCUT2D eigenvalue weighted by Gasteiger charge is 2.45. The lowest BCUT2D eigenvalue weighted by molar-refractivity contribution is -0.171. The van der Waals surface area contributed by atoms with Gasteiger partial charge in [0.2, 0.25) is 5.91 Å². The third-order valence-electron chi connectivity index (χ3n) is 2.59. The number of likely N-dealkylation sites (N-methyl/N-ethyl adjacent to an activating group) is 1. The molecule has 4 nitrogen and oxygen atoms in total. The molecule has 0 aromatic rings. The van der Waals surface area contributed by atoms with E-state index in [0.29, 0.717) is 6.54 Å². The molecule has 0 aromatic heterocycles. The molecule has 0 saturated carbocycles. The van der Waals surface area contributed by atoms with Crippen LogP contribution < -0.4 is 5.32 Å². The van der Waals surface area contributed by atoms with Crippen molar-refractivity contribution in [3.05, 3.63) is 0 Å². The highest BCUT2D eigenvalue weighted by Crippen LogP contribution is 2.25. The van der Waals surface area contributed by atoms with Gasteiger partial charge in [-0.15, -0.1) is 0 Å². The fraction of sp³-hybridized carbons (Fsp3) is 0.875. The number of rotatable bonds is 1. The van der Waals surface area contributed by atoms with Gasteiger partial charge in [-0.1, -0.05) is 6.92 Å². The van der Waals surface area contributed by atoms with Gasteiger partial charge in [0.25, 0.3) is 0 Å². The number of hydrogen-bond donors (Lipinski definition) is 1. The summed E-state index contributed by atoms with van der Waals surface area (Å²) in [7, 11) is 0. The molecular formula is C8H14N2O2. The van der Waals surface area contributed by atoms with Crippen LogP contribution in [0.2, 0.25) is 0 Å². The van der Waals surface area contributed by atoms with Crippen molar-refractivity contribution in [1.29, 1.82) is 0 Å². The summed E-state index contributed by atoms with van der Waals surface area (Å²) in [6.07, 6.45) is 0. The first-order chi connectivity index (χ1) is 5.74. The monoisotopic (exact) mass is 170 g/mol. The van der Waals surface area contributed by atoms with Crippen molar-refractivity contribution in [2.75, 3.05) is 32.8 Å². The second-order valence-corrected chi connectivity index (χ2v) is 3.55. The predicted molar refractivity (Wildman–Crippen MR) is 43.8 cm³/mol. The molecule has 1 amide bonds. The number of amides is 1.